The van der Waals surface area contributed by atoms with E-state index in [9.17, 15) is 13.2 Å². The number of allylic oxidation sites excluding steroid dienone is 1. The molecule has 0 aromatic rings. The fourth-order valence-electron chi connectivity index (χ4n) is 3.79. The molecular weight excluding hydrogens is 257 g/mol. The van der Waals surface area contributed by atoms with Crippen LogP contribution in [0.4, 0.5) is 13.2 Å². The topological polar surface area (TPSA) is 18.5 Å². The zero-order valence-electron chi connectivity index (χ0n) is 10.8. The second kappa shape index (κ2) is 4.48. The fourth-order valence-corrected chi connectivity index (χ4v) is 3.79. The molecule has 1 spiro atoms. The maximum Gasteiger partial charge on any atom is 0.411 e. The summed E-state index contributed by atoms with van der Waals surface area (Å²) in [4.78, 5) is 0. The first-order chi connectivity index (χ1) is 8.93. The van der Waals surface area contributed by atoms with Crippen LogP contribution in [0.15, 0.2) is 12.2 Å². The highest BCUT2D eigenvalue weighted by Crippen LogP contribution is 2.55. The van der Waals surface area contributed by atoms with Crippen LogP contribution in [0.1, 0.15) is 44.9 Å². The Morgan fingerprint density at radius 1 is 1.26 bits per heavy atom. The summed E-state index contributed by atoms with van der Waals surface area (Å²) >= 11 is 0. The molecule has 1 saturated carbocycles. The Hall–Kier alpha value is -0.550. The molecule has 108 valence electrons. The molecule has 0 N–H and O–H groups in total. The van der Waals surface area contributed by atoms with E-state index in [1.54, 1.807) is 0 Å². The van der Waals surface area contributed by atoms with Gasteiger partial charge in [0.2, 0.25) is 0 Å². The van der Waals surface area contributed by atoms with E-state index in [0.29, 0.717) is 6.42 Å². The molecule has 3 rings (SSSR count). The molecule has 5 heteroatoms. The molecule has 2 nitrogen and oxygen atoms in total. The Balaban J connectivity index is 1.75. The Morgan fingerprint density at radius 2 is 2.11 bits per heavy atom. The number of hydrogen-bond acceptors (Lipinski definition) is 2. The Bertz CT molecular complexity index is 379. The number of hydrogen-bond donors (Lipinski definition) is 0. The molecule has 0 aromatic heterocycles. The van der Waals surface area contributed by atoms with Crippen molar-refractivity contribution in [2.75, 3.05) is 6.61 Å². The summed E-state index contributed by atoms with van der Waals surface area (Å²) in [7, 11) is 0. The van der Waals surface area contributed by atoms with Crippen molar-refractivity contribution in [3.8, 4) is 0 Å². The van der Waals surface area contributed by atoms with Gasteiger partial charge in [-0.05, 0) is 38.5 Å². The quantitative estimate of drug-likeness (QED) is 0.711. The van der Waals surface area contributed by atoms with E-state index < -0.39 is 18.6 Å². The van der Waals surface area contributed by atoms with Crippen molar-refractivity contribution < 1.29 is 22.6 Å². The highest BCUT2D eigenvalue weighted by molar-refractivity contribution is 5.13. The van der Waals surface area contributed by atoms with Gasteiger partial charge in [-0.3, -0.25) is 0 Å². The minimum Gasteiger partial charge on any atom is -0.340 e. The van der Waals surface area contributed by atoms with Gasteiger partial charge in [0.25, 0.3) is 0 Å². The van der Waals surface area contributed by atoms with Crippen LogP contribution in [0.5, 0.6) is 0 Å². The molecule has 1 heterocycles. The molecule has 3 aliphatic rings. The minimum atomic E-state index is -4.29. The van der Waals surface area contributed by atoms with Crippen molar-refractivity contribution in [3.05, 3.63) is 12.2 Å². The van der Waals surface area contributed by atoms with Crippen LogP contribution in [0, 0.1) is 5.92 Å². The van der Waals surface area contributed by atoms with Gasteiger partial charge in [-0.2, -0.15) is 13.2 Å². The van der Waals surface area contributed by atoms with Gasteiger partial charge in [-0.25, -0.2) is 0 Å². The molecule has 0 unspecified atom stereocenters. The first kappa shape index (κ1) is 13.4. The minimum absolute atomic E-state index is 0.109. The fraction of sp³-hybridized carbons (Fsp3) is 0.857. The van der Waals surface area contributed by atoms with Crippen molar-refractivity contribution in [3.63, 3.8) is 0 Å². The summed E-state index contributed by atoms with van der Waals surface area (Å²) in [5, 5.41) is 0. The van der Waals surface area contributed by atoms with Crippen molar-refractivity contribution in [1.29, 1.82) is 0 Å². The van der Waals surface area contributed by atoms with E-state index >= 15 is 0 Å². The standard InChI is InChI=1S/C14H19F3O2/c15-14(16,17)10-18-13-8-4-5-11(13)9-12(19-13)6-2-1-3-7-12/h2,6,11H,1,3-5,7-10H2/t11-,12-,13-/m1/s1. The number of halogens is 3. The van der Waals surface area contributed by atoms with Gasteiger partial charge in [0, 0.05) is 12.3 Å². The van der Waals surface area contributed by atoms with Gasteiger partial charge >= 0.3 is 6.18 Å². The van der Waals surface area contributed by atoms with Crippen LogP contribution in [-0.2, 0) is 9.47 Å². The van der Waals surface area contributed by atoms with Crippen molar-refractivity contribution in [2.45, 2.75) is 62.5 Å². The van der Waals surface area contributed by atoms with Gasteiger partial charge in [0.15, 0.2) is 5.79 Å². The molecule has 2 fully saturated rings. The second-order valence-corrected chi connectivity index (χ2v) is 5.97. The SMILES string of the molecule is FC(F)(F)CO[C@@]12CCC[C@@H]1C[C@]1(C=CCCC1)O2. The molecule has 1 saturated heterocycles. The molecule has 1 aliphatic heterocycles. The van der Waals surface area contributed by atoms with Crippen LogP contribution in [0.25, 0.3) is 0 Å². The van der Waals surface area contributed by atoms with Crippen LogP contribution in [0.2, 0.25) is 0 Å². The highest BCUT2D eigenvalue weighted by atomic mass is 19.4. The average molecular weight is 276 g/mol. The van der Waals surface area contributed by atoms with Crippen LogP contribution in [0.3, 0.4) is 0 Å². The van der Waals surface area contributed by atoms with Gasteiger partial charge in [0.05, 0.1) is 5.60 Å². The monoisotopic (exact) mass is 276 g/mol. The first-order valence-corrected chi connectivity index (χ1v) is 7.02. The highest BCUT2D eigenvalue weighted by Gasteiger charge is 2.58. The van der Waals surface area contributed by atoms with Gasteiger partial charge in [-0.1, -0.05) is 12.2 Å². The summed E-state index contributed by atoms with van der Waals surface area (Å²) < 4.78 is 48.5. The normalized spacial score (nSPS) is 41.9. The number of ether oxygens (including phenoxy) is 2. The molecular formula is C14H19F3O2. The molecule has 0 aromatic carbocycles. The lowest BCUT2D eigenvalue weighted by molar-refractivity contribution is -0.292. The Morgan fingerprint density at radius 3 is 2.79 bits per heavy atom. The third-order valence-corrected chi connectivity index (χ3v) is 4.54. The van der Waals surface area contributed by atoms with Crippen LogP contribution >= 0.6 is 0 Å². The van der Waals surface area contributed by atoms with Gasteiger partial charge < -0.3 is 9.47 Å². The first-order valence-electron chi connectivity index (χ1n) is 7.02. The molecule has 3 atom stereocenters. The molecule has 2 aliphatic carbocycles. The average Bonchev–Trinajstić information content (AvgIpc) is 2.81. The van der Waals surface area contributed by atoms with Crippen LogP contribution in [-0.4, -0.2) is 24.2 Å². The van der Waals surface area contributed by atoms with Crippen LogP contribution < -0.4 is 0 Å². The zero-order chi connectivity index (χ0) is 13.6. The molecule has 0 bridgehead atoms. The number of alkyl halides is 3. The predicted molar refractivity (Wildman–Crippen MR) is 63.5 cm³/mol. The van der Waals surface area contributed by atoms with Crippen molar-refractivity contribution >= 4 is 0 Å². The lowest BCUT2D eigenvalue weighted by Crippen LogP contribution is -2.40. The lowest BCUT2D eigenvalue weighted by atomic mass is 9.84. The summed E-state index contributed by atoms with van der Waals surface area (Å²) in [6.07, 6.45) is 6.02. The third kappa shape index (κ3) is 2.55. The largest absolute Gasteiger partial charge is 0.411 e. The molecule has 19 heavy (non-hydrogen) atoms. The van der Waals surface area contributed by atoms with E-state index in [2.05, 4.69) is 6.08 Å². The smallest absolute Gasteiger partial charge is 0.340 e. The van der Waals surface area contributed by atoms with E-state index in [4.69, 9.17) is 9.47 Å². The molecule has 0 radical (unpaired) electrons. The van der Waals surface area contributed by atoms with E-state index in [-0.39, 0.29) is 11.5 Å². The van der Waals surface area contributed by atoms with E-state index in [1.165, 1.54) is 0 Å². The summed E-state index contributed by atoms with van der Waals surface area (Å²) in [6.45, 7) is -1.21. The van der Waals surface area contributed by atoms with Crippen molar-refractivity contribution in [1.82, 2.24) is 0 Å². The van der Waals surface area contributed by atoms with E-state index in [1.807, 2.05) is 6.08 Å². The summed E-state index contributed by atoms with van der Waals surface area (Å²) in [5.74, 6) is -0.880. The maximum atomic E-state index is 12.4. The van der Waals surface area contributed by atoms with Gasteiger partial charge in [0.1, 0.15) is 6.61 Å². The second-order valence-electron chi connectivity index (χ2n) is 5.97. The van der Waals surface area contributed by atoms with Gasteiger partial charge in [-0.15, -0.1) is 0 Å². The zero-order valence-corrected chi connectivity index (χ0v) is 10.8. The maximum absolute atomic E-state index is 12.4. The Labute approximate surface area is 111 Å². The number of fused-ring (bicyclic) bond motifs is 1. The Kier molecular flexibility index (Phi) is 3.17. The van der Waals surface area contributed by atoms with E-state index in [0.717, 1.165) is 38.5 Å². The predicted octanol–water partition coefficient (Wildman–Crippen LogP) is 3.96. The molecule has 0 amide bonds. The summed E-state index contributed by atoms with van der Waals surface area (Å²) in [6, 6.07) is 0. The lowest BCUT2D eigenvalue weighted by Gasteiger charge is -2.34. The number of rotatable bonds is 2. The summed E-state index contributed by atoms with van der Waals surface area (Å²) in [5.41, 5.74) is -0.366. The van der Waals surface area contributed by atoms with Crippen molar-refractivity contribution in [2.24, 2.45) is 5.92 Å². The third-order valence-electron chi connectivity index (χ3n) is 4.54.